The molecule has 6 atom stereocenters. The third-order valence-corrected chi connectivity index (χ3v) is 6.89. The highest BCUT2D eigenvalue weighted by Gasteiger charge is 2.72. The number of aliphatic imine (C=N–C) groups is 1. The smallest absolute Gasteiger partial charge is 0.404 e. The zero-order valence-electron chi connectivity index (χ0n) is 16.3. The molecule has 0 aromatic rings. The van der Waals surface area contributed by atoms with Gasteiger partial charge in [0, 0.05) is 37.0 Å². The summed E-state index contributed by atoms with van der Waals surface area (Å²) in [5, 5.41) is 10.2. The van der Waals surface area contributed by atoms with E-state index in [-0.39, 0.29) is 43.1 Å². The summed E-state index contributed by atoms with van der Waals surface area (Å²) < 4.78 is 4.66. The van der Waals surface area contributed by atoms with Gasteiger partial charge in [0.05, 0.1) is 42.1 Å². The van der Waals surface area contributed by atoms with Gasteiger partial charge in [-0.15, -0.1) is 0 Å². The van der Waals surface area contributed by atoms with Gasteiger partial charge in [-0.1, -0.05) is 0 Å². The molecule has 1 amide bonds. The molecule has 9 heteroatoms. The predicted octanol–water partition coefficient (Wildman–Crippen LogP) is -0.666. The minimum Gasteiger partial charge on any atom is -0.450 e. The Labute approximate surface area is 163 Å². The van der Waals surface area contributed by atoms with Crippen molar-refractivity contribution in [3.05, 3.63) is 11.3 Å². The number of piperazine rings is 1. The van der Waals surface area contributed by atoms with Crippen LogP contribution >= 0.6 is 0 Å². The number of aliphatic hydroxyl groups excluding tert-OH is 1. The summed E-state index contributed by atoms with van der Waals surface area (Å²) in [5.41, 5.74) is 5.59. The summed E-state index contributed by atoms with van der Waals surface area (Å²) in [5.74, 6) is -1.38. The molecule has 0 bridgehead atoms. The molecule has 3 heterocycles. The lowest BCUT2D eigenvalue weighted by Crippen LogP contribution is -2.51. The summed E-state index contributed by atoms with van der Waals surface area (Å²) in [6.07, 6.45) is -0.442. The van der Waals surface area contributed by atoms with Crippen molar-refractivity contribution in [2.75, 3.05) is 33.4 Å². The Bertz CT molecular complexity index is 821. The minimum absolute atomic E-state index is 0.104. The second-order valence-corrected chi connectivity index (χ2v) is 8.21. The average Bonchev–Trinajstić information content (AvgIpc) is 3.05. The van der Waals surface area contributed by atoms with Crippen LogP contribution in [0.3, 0.4) is 0 Å². The SMILES string of the molecule is CC1C(=O)C2=C(C(=O)C1=NCCCOC(N)=O)C(CO)C1(C)C3C(CN21)N3C. The van der Waals surface area contributed by atoms with E-state index in [4.69, 9.17) is 5.73 Å². The van der Waals surface area contributed by atoms with E-state index in [0.29, 0.717) is 30.3 Å². The van der Waals surface area contributed by atoms with Crippen molar-refractivity contribution in [1.82, 2.24) is 9.80 Å². The van der Waals surface area contributed by atoms with E-state index in [9.17, 15) is 19.5 Å². The van der Waals surface area contributed by atoms with E-state index >= 15 is 0 Å². The molecule has 6 unspecified atom stereocenters. The maximum absolute atomic E-state index is 13.3. The fourth-order valence-electron chi connectivity index (χ4n) is 5.42. The van der Waals surface area contributed by atoms with Gasteiger partial charge in [0.25, 0.3) is 0 Å². The van der Waals surface area contributed by atoms with Crippen LogP contribution in [0.1, 0.15) is 20.3 Å². The summed E-state index contributed by atoms with van der Waals surface area (Å²) in [6.45, 7) is 4.63. The average molecular weight is 390 g/mol. The number of ketones is 2. The number of amides is 1. The zero-order chi connectivity index (χ0) is 20.4. The number of nitrogens with zero attached hydrogens (tertiary/aromatic N) is 3. The van der Waals surface area contributed by atoms with Gasteiger partial charge in [0.2, 0.25) is 5.78 Å². The largest absolute Gasteiger partial charge is 0.450 e. The van der Waals surface area contributed by atoms with Crippen LogP contribution in [0, 0.1) is 11.8 Å². The molecule has 2 fully saturated rings. The molecule has 28 heavy (non-hydrogen) atoms. The van der Waals surface area contributed by atoms with Crippen molar-refractivity contribution < 1.29 is 24.2 Å². The lowest BCUT2D eigenvalue weighted by atomic mass is 9.75. The van der Waals surface area contributed by atoms with Gasteiger partial charge in [-0.3, -0.25) is 19.5 Å². The molecular formula is C19H26N4O5. The number of hydrogen-bond acceptors (Lipinski definition) is 8. The minimum atomic E-state index is -0.853. The molecule has 9 nitrogen and oxygen atoms in total. The molecule has 4 rings (SSSR count). The quantitative estimate of drug-likeness (QED) is 0.471. The van der Waals surface area contributed by atoms with Crippen LogP contribution in [-0.2, 0) is 14.3 Å². The number of ether oxygens (including phenoxy) is 1. The number of carbonyl (C=O) groups excluding carboxylic acids is 3. The zero-order valence-corrected chi connectivity index (χ0v) is 16.3. The second kappa shape index (κ2) is 6.38. The summed E-state index contributed by atoms with van der Waals surface area (Å²) in [7, 11) is 2.04. The Morgan fingerprint density at radius 1 is 1.43 bits per heavy atom. The fourth-order valence-corrected chi connectivity index (χ4v) is 5.42. The van der Waals surface area contributed by atoms with E-state index < -0.39 is 23.5 Å². The van der Waals surface area contributed by atoms with Gasteiger partial charge < -0.3 is 20.5 Å². The Morgan fingerprint density at radius 2 is 2.14 bits per heavy atom. The van der Waals surface area contributed by atoms with E-state index in [1.165, 1.54) is 0 Å². The molecule has 1 aliphatic carbocycles. The topological polar surface area (TPSA) is 125 Å². The summed E-state index contributed by atoms with van der Waals surface area (Å²) in [6, 6.07) is 0.601. The number of likely N-dealkylation sites (N-methyl/N-ethyl adjacent to an activating group) is 1. The maximum atomic E-state index is 13.3. The molecular weight excluding hydrogens is 364 g/mol. The first kappa shape index (κ1) is 19.1. The molecule has 0 aromatic carbocycles. The highest BCUT2D eigenvalue weighted by Crippen LogP contribution is 2.58. The van der Waals surface area contributed by atoms with Crippen LogP contribution in [-0.4, -0.2) is 89.3 Å². The number of carbonyl (C=O) groups is 3. The fraction of sp³-hybridized carbons (Fsp3) is 0.684. The molecule has 3 N–H and O–H groups in total. The molecule has 2 saturated heterocycles. The Kier molecular flexibility index (Phi) is 4.35. The number of rotatable bonds is 5. The molecule has 0 spiro atoms. The first-order valence-electron chi connectivity index (χ1n) is 9.65. The van der Waals surface area contributed by atoms with E-state index in [2.05, 4.69) is 19.5 Å². The van der Waals surface area contributed by atoms with Crippen LogP contribution in [0.2, 0.25) is 0 Å². The number of fused-ring (bicyclic) bond motifs is 4. The number of aliphatic hydroxyl groups is 1. The van der Waals surface area contributed by atoms with E-state index in [1.54, 1.807) is 6.92 Å². The monoisotopic (exact) mass is 390 g/mol. The third kappa shape index (κ3) is 2.39. The van der Waals surface area contributed by atoms with Gasteiger partial charge in [-0.2, -0.15) is 0 Å². The standard InChI is InChI=1S/C19H26N4O5/c1-9-13(21-5-4-6-28-18(20)27)16(26)12-10(8-24)19(2)17-11(22(17)3)7-23(19)14(12)15(9)25/h9-11,17,24H,4-8H2,1-3H3,(H2,20,27). The molecule has 0 saturated carbocycles. The van der Waals surface area contributed by atoms with Gasteiger partial charge in [0.1, 0.15) is 0 Å². The van der Waals surface area contributed by atoms with Crippen molar-refractivity contribution in [1.29, 1.82) is 0 Å². The first-order valence-corrected chi connectivity index (χ1v) is 9.65. The van der Waals surface area contributed by atoms with E-state index in [0.717, 1.165) is 0 Å². The van der Waals surface area contributed by atoms with Gasteiger partial charge in [-0.25, -0.2) is 4.79 Å². The summed E-state index contributed by atoms with van der Waals surface area (Å²) in [4.78, 5) is 45.7. The Morgan fingerprint density at radius 3 is 2.79 bits per heavy atom. The van der Waals surface area contributed by atoms with Crippen molar-refractivity contribution in [2.24, 2.45) is 22.6 Å². The van der Waals surface area contributed by atoms with Gasteiger partial charge >= 0.3 is 6.09 Å². The maximum Gasteiger partial charge on any atom is 0.404 e. The lowest BCUT2D eigenvalue weighted by molar-refractivity contribution is -0.121. The molecule has 4 aliphatic rings. The Balaban J connectivity index is 1.62. The van der Waals surface area contributed by atoms with Crippen LogP contribution in [0.15, 0.2) is 16.3 Å². The number of primary amides is 1. The van der Waals surface area contributed by atoms with Gasteiger partial charge in [-0.05, 0) is 20.9 Å². The van der Waals surface area contributed by atoms with Crippen molar-refractivity contribution in [3.8, 4) is 0 Å². The number of Topliss-reactive ketones (excluding diaryl/α,β-unsaturated/α-hetero) is 2. The predicted molar refractivity (Wildman–Crippen MR) is 99.7 cm³/mol. The van der Waals surface area contributed by atoms with Crippen LogP contribution in [0.5, 0.6) is 0 Å². The molecule has 0 aromatic heterocycles. The highest BCUT2D eigenvalue weighted by atomic mass is 16.5. The van der Waals surface area contributed by atoms with Crippen LogP contribution in [0.4, 0.5) is 4.79 Å². The second-order valence-electron chi connectivity index (χ2n) is 8.21. The summed E-state index contributed by atoms with van der Waals surface area (Å²) >= 11 is 0. The first-order chi connectivity index (χ1) is 13.2. The number of allylic oxidation sites excluding steroid dienone is 1. The molecule has 3 aliphatic heterocycles. The Hall–Kier alpha value is -2.26. The normalized spacial score (nSPS) is 39.9. The van der Waals surface area contributed by atoms with Crippen LogP contribution in [0.25, 0.3) is 0 Å². The van der Waals surface area contributed by atoms with Crippen LogP contribution < -0.4 is 5.73 Å². The van der Waals surface area contributed by atoms with E-state index in [1.807, 2.05) is 14.0 Å². The molecule has 0 radical (unpaired) electrons. The van der Waals surface area contributed by atoms with Crippen molar-refractivity contribution in [2.45, 2.75) is 37.9 Å². The number of hydrogen-bond donors (Lipinski definition) is 2. The van der Waals surface area contributed by atoms with Gasteiger partial charge in [0.15, 0.2) is 5.78 Å². The van der Waals surface area contributed by atoms with Crippen molar-refractivity contribution in [3.63, 3.8) is 0 Å². The lowest BCUT2D eigenvalue weighted by Gasteiger charge is -2.39. The third-order valence-electron chi connectivity index (χ3n) is 6.89. The highest BCUT2D eigenvalue weighted by molar-refractivity contribution is 6.53. The molecule has 152 valence electrons. The number of nitrogens with two attached hydrogens (primary N) is 1. The van der Waals surface area contributed by atoms with Crippen molar-refractivity contribution >= 4 is 23.4 Å².